The van der Waals surface area contributed by atoms with E-state index in [-0.39, 0.29) is 17.5 Å². The molecular weight excluding hydrogens is 780 g/mol. The molecule has 4 aromatic heterocycles. The van der Waals surface area contributed by atoms with Gasteiger partial charge in [0, 0.05) is 71.7 Å². The molecule has 0 radical (unpaired) electrons. The number of aromatic nitrogens is 4. The van der Waals surface area contributed by atoms with Gasteiger partial charge in [0.15, 0.2) is 0 Å². The predicted molar refractivity (Wildman–Crippen MR) is 258 cm³/mol. The van der Waals surface area contributed by atoms with Gasteiger partial charge in [0.25, 0.3) is 6.71 Å². The first kappa shape index (κ1) is 36.0. The molecule has 0 aliphatic carbocycles. The van der Waals surface area contributed by atoms with Crippen LogP contribution in [0.1, 0.15) is 94.5 Å². The van der Waals surface area contributed by atoms with Gasteiger partial charge in [-0.05, 0) is 57.3 Å². The molecule has 0 atom stereocenters. The first-order valence-electron chi connectivity index (χ1n) is 21.2. The monoisotopic (exact) mass is 828 g/mol. The fourth-order valence-electron chi connectivity index (χ4n) is 12.4. The third-order valence-electron chi connectivity index (χ3n) is 14.3. The number of hydrogen-bond acceptors (Lipinski definition) is 5. The van der Waals surface area contributed by atoms with Crippen molar-refractivity contribution in [3.05, 3.63) is 72.1 Å². The largest absolute Gasteiger partial charge is 0.255 e. The van der Waals surface area contributed by atoms with E-state index >= 15 is 0 Å². The lowest BCUT2D eigenvalue weighted by Gasteiger charge is -2.45. The van der Waals surface area contributed by atoms with E-state index in [4.69, 9.17) is 10.2 Å². The smallest absolute Gasteiger partial charge is 0.234 e. The molecule has 0 amide bonds. The highest BCUT2D eigenvalue weighted by atomic mass is 32.2. The molecule has 0 spiro atoms. The van der Waals surface area contributed by atoms with E-state index in [2.05, 4.69) is 153 Å². The van der Waals surface area contributed by atoms with Crippen LogP contribution in [0.15, 0.2) is 70.5 Å². The van der Waals surface area contributed by atoms with Crippen LogP contribution in [0.25, 0.3) is 73.5 Å². The van der Waals surface area contributed by atoms with Gasteiger partial charge in [-0.3, -0.25) is 0 Å². The van der Waals surface area contributed by atoms with Gasteiger partial charge in [0.1, 0.15) is 0 Å². The van der Waals surface area contributed by atoms with Gasteiger partial charge in [-0.2, -0.15) is 10.2 Å². The van der Waals surface area contributed by atoms with Crippen LogP contribution in [0.3, 0.4) is 0 Å². The van der Waals surface area contributed by atoms with E-state index in [1.807, 2.05) is 34.4 Å². The molecule has 9 aromatic rings. The molecule has 7 heterocycles. The highest BCUT2D eigenvalue weighted by molar-refractivity contribution is 8.01. The number of hydrogen-bond donors (Lipinski definition) is 0. The van der Waals surface area contributed by atoms with Crippen molar-refractivity contribution in [1.29, 1.82) is 0 Å². The molecule has 0 unspecified atom stereocenters. The van der Waals surface area contributed by atoms with Gasteiger partial charge in [-0.25, -0.2) is 9.36 Å². The lowest BCUT2D eigenvalue weighted by atomic mass is 9.34. The third kappa shape index (κ3) is 4.10. The Morgan fingerprint density at radius 1 is 0.569 bits per heavy atom. The lowest BCUT2D eigenvalue weighted by Crippen LogP contribution is -2.63. The number of fused-ring (bicyclic) bond motifs is 12. The van der Waals surface area contributed by atoms with E-state index in [0.717, 1.165) is 0 Å². The SMILES string of the molecule is CC(C)[Si](c1cc2c3c(c1)-n1nc(C(C)(C)C)c4c5c(sc6ccccc65)c5c(c41)B3c1c(c3sc4ccccc4c3c3c(C(C)(C)C)nn-2c13)S5)(C(C)C)C(C)C. The highest BCUT2D eigenvalue weighted by Gasteiger charge is 2.51. The zero-order chi connectivity index (χ0) is 40.3. The van der Waals surface area contributed by atoms with Gasteiger partial charge in [0.2, 0.25) is 0 Å². The normalized spacial score (nSPS) is 14.9. The summed E-state index contributed by atoms with van der Waals surface area (Å²) in [6.07, 6.45) is 0. The Balaban J connectivity index is 1.38. The molecule has 0 saturated heterocycles. The van der Waals surface area contributed by atoms with Crippen LogP contribution in [0.2, 0.25) is 16.6 Å². The Hall–Kier alpha value is -3.89. The van der Waals surface area contributed by atoms with Crippen LogP contribution in [-0.2, 0) is 10.8 Å². The van der Waals surface area contributed by atoms with Crippen LogP contribution >= 0.6 is 34.4 Å². The molecule has 0 N–H and O–H groups in total. The minimum absolute atomic E-state index is 0.0850. The van der Waals surface area contributed by atoms with E-state index < -0.39 is 8.07 Å². The topological polar surface area (TPSA) is 35.6 Å². The van der Waals surface area contributed by atoms with Crippen molar-refractivity contribution in [3.8, 4) is 11.4 Å². The van der Waals surface area contributed by atoms with Crippen LogP contribution in [0.5, 0.6) is 0 Å². The van der Waals surface area contributed by atoms with Gasteiger partial charge in [-0.1, -0.05) is 136 Å². The van der Waals surface area contributed by atoms with E-state index in [1.54, 1.807) is 5.19 Å². The molecule has 4 nitrogen and oxygen atoms in total. The number of benzene rings is 5. The van der Waals surface area contributed by atoms with Crippen molar-refractivity contribution in [1.82, 2.24) is 19.6 Å². The summed E-state index contributed by atoms with van der Waals surface area (Å²) in [7, 11) is -2.14. The third-order valence-corrected chi connectivity index (χ3v) is 25.2. The molecular formula is C49H49BN4S3Si. The zero-order valence-electron chi connectivity index (χ0n) is 35.6. The summed E-state index contributed by atoms with van der Waals surface area (Å²) in [6, 6.07) is 23.5. The molecule has 3 aliphatic heterocycles. The molecule has 5 aromatic carbocycles. The van der Waals surface area contributed by atoms with Crippen molar-refractivity contribution in [2.24, 2.45) is 0 Å². The van der Waals surface area contributed by atoms with Crippen molar-refractivity contribution in [2.45, 2.75) is 120 Å². The predicted octanol–water partition coefficient (Wildman–Crippen LogP) is 12.2. The van der Waals surface area contributed by atoms with Crippen molar-refractivity contribution < 1.29 is 0 Å². The number of thiophene rings is 2. The Morgan fingerprint density at radius 2 is 0.983 bits per heavy atom. The number of rotatable bonds is 4. The van der Waals surface area contributed by atoms with E-state index in [0.29, 0.717) is 16.6 Å². The number of nitrogens with zero attached hydrogens (tertiary/aromatic N) is 4. The maximum atomic E-state index is 5.85. The van der Waals surface area contributed by atoms with Crippen LogP contribution in [0, 0.1) is 0 Å². The Morgan fingerprint density at radius 3 is 1.38 bits per heavy atom. The molecule has 9 heteroatoms. The van der Waals surface area contributed by atoms with Crippen molar-refractivity contribution in [3.63, 3.8) is 0 Å². The average molecular weight is 829 g/mol. The second-order valence-corrected chi connectivity index (χ2v) is 29.5. The quantitative estimate of drug-likeness (QED) is 0.166. The summed E-state index contributed by atoms with van der Waals surface area (Å²) in [6.45, 7) is 29.3. The summed E-state index contributed by atoms with van der Waals surface area (Å²) >= 11 is 6.01. The fraction of sp³-hybridized carbons (Fsp3) is 0.347. The first-order valence-corrected chi connectivity index (χ1v) is 25.9. The molecule has 12 rings (SSSR count). The van der Waals surface area contributed by atoms with Crippen molar-refractivity contribution >= 4 is 133 Å². The zero-order valence-corrected chi connectivity index (χ0v) is 39.0. The standard InChI is InChI=1S/C49H49BN4S3Si/c1-23(2)58(24(3)4,25(5)6)26-21-29-37-30(22-26)54-41-36(47(52-54)49(10,11)12)34-28-18-14-16-20-32(28)56-43(34)45-39(41)50(37)38-40-35(46(48(7,8)9)51-53(29)40)33-27-17-13-15-19-31(27)55-42(33)44(38)57-45/h13-25H,1-12H3. The van der Waals surface area contributed by atoms with Crippen molar-refractivity contribution in [2.75, 3.05) is 0 Å². The van der Waals surface area contributed by atoms with E-state index in [9.17, 15) is 0 Å². The molecule has 0 bridgehead atoms. The van der Waals surface area contributed by atoms with Gasteiger partial charge >= 0.3 is 0 Å². The Bertz CT molecular complexity index is 3120. The maximum absolute atomic E-state index is 5.85. The molecule has 0 saturated carbocycles. The lowest BCUT2D eigenvalue weighted by molar-refractivity contribution is 0.565. The average Bonchev–Trinajstić information content (AvgIpc) is 3.93. The Labute approximate surface area is 354 Å². The van der Waals surface area contributed by atoms with Crippen LogP contribution in [0.4, 0.5) is 0 Å². The summed E-state index contributed by atoms with van der Waals surface area (Å²) in [5.74, 6) is 0. The molecule has 290 valence electrons. The molecule has 3 aliphatic rings. The maximum Gasteiger partial charge on any atom is 0.255 e. The molecule has 0 fully saturated rings. The summed E-state index contributed by atoms with van der Waals surface area (Å²) in [5.41, 5.74) is 13.3. The van der Waals surface area contributed by atoms with Gasteiger partial charge in [-0.15, -0.1) is 22.7 Å². The highest BCUT2D eigenvalue weighted by Crippen LogP contribution is 2.55. The fourth-order valence-corrected chi connectivity index (χ4v) is 23.2. The van der Waals surface area contributed by atoms with Gasteiger partial charge < -0.3 is 0 Å². The summed E-state index contributed by atoms with van der Waals surface area (Å²) < 4.78 is 10.4. The second-order valence-electron chi connectivity index (χ2n) is 20.4. The minimum Gasteiger partial charge on any atom is -0.234 e. The Kier molecular flexibility index (Phi) is 7.00. The summed E-state index contributed by atoms with van der Waals surface area (Å²) in [4.78, 5) is 2.86. The van der Waals surface area contributed by atoms with Gasteiger partial charge in [0.05, 0.1) is 41.9 Å². The van der Waals surface area contributed by atoms with Crippen LogP contribution in [-0.4, -0.2) is 34.3 Å². The van der Waals surface area contributed by atoms with Crippen LogP contribution < -0.4 is 21.6 Å². The summed E-state index contributed by atoms with van der Waals surface area (Å²) in [5, 5.41) is 21.4. The minimum atomic E-state index is -2.14. The van der Waals surface area contributed by atoms with E-state index in [1.165, 1.54) is 111 Å². The second kappa shape index (κ2) is 11.3. The first-order chi connectivity index (χ1) is 27.5. The molecule has 58 heavy (non-hydrogen) atoms.